The molecule has 0 aliphatic rings. The monoisotopic (exact) mass is 437 g/mol. The lowest BCUT2D eigenvalue weighted by molar-refractivity contribution is 0.102. The maximum Gasteiger partial charge on any atom is 0.173 e. The Morgan fingerprint density at radius 3 is 2.53 bits per heavy atom. The highest BCUT2D eigenvalue weighted by Gasteiger charge is 2.17. The fraction of sp³-hybridized carbons (Fsp3) is 0.182. The molecule has 0 saturated carbocycles. The summed E-state index contributed by atoms with van der Waals surface area (Å²) >= 11 is 2.92. The maximum absolute atomic E-state index is 12.6. The number of methoxy groups -OCH3 is 2. The van der Waals surface area contributed by atoms with Gasteiger partial charge in [-0.05, 0) is 43.3 Å². The SMILES string of the molecule is COc1ccc(-c2nnc(SCC(=O)c3cccc(OC)c3)c3nc(C)sc23)cc1. The van der Waals surface area contributed by atoms with Crippen LogP contribution in [0.25, 0.3) is 21.5 Å². The Hall–Kier alpha value is -2.97. The predicted octanol–water partition coefficient (Wildman–Crippen LogP) is 5.05. The largest absolute Gasteiger partial charge is 0.497 e. The molecule has 2 aromatic carbocycles. The number of carbonyl (C=O) groups excluding carboxylic acids is 1. The minimum Gasteiger partial charge on any atom is -0.497 e. The summed E-state index contributed by atoms with van der Waals surface area (Å²) in [5.74, 6) is 1.69. The number of benzene rings is 2. The second kappa shape index (κ2) is 8.81. The first kappa shape index (κ1) is 20.3. The summed E-state index contributed by atoms with van der Waals surface area (Å²) < 4.78 is 11.4. The number of hydrogen-bond donors (Lipinski definition) is 0. The molecule has 0 radical (unpaired) electrons. The first-order valence-corrected chi connectivity index (χ1v) is 11.0. The minimum atomic E-state index is 0.0000301. The van der Waals surface area contributed by atoms with Crippen molar-refractivity contribution in [3.05, 3.63) is 59.1 Å². The van der Waals surface area contributed by atoms with Gasteiger partial charge in [-0.25, -0.2) is 4.98 Å². The minimum absolute atomic E-state index is 0.0000301. The summed E-state index contributed by atoms with van der Waals surface area (Å²) in [4.78, 5) is 17.3. The number of hydrogen-bond acceptors (Lipinski definition) is 8. The van der Waals surface area contributed by atoms with Crippen LogP contribution in [-0.2, 0) is 0 Å². The molecule has 0 N–H and O–H groups in total. The molecule has 0 aliphatic heterocycles. The molecule has 8 heteroatoms. The number of ketones is 1. The van der Waals surface area contributed by atoms with Gasteiger partial charge in [0, 0.05) is 11.1 Å². The number of aryl methyl sites for hydroxylation is 1. The lowest BCUT2D eigenvalue weighted by atomic mass is 10.1. The standard InChI is InChI=1S/C22H19N3O3S2/c1-13-23-20-21(30-13)19(14-7-9-16(27-2)10-8-14)24-25-22(20)29-12-18(26)15-5-4-6-17(11-15)28-3/h4-11H,12H2,1-3H3. The highest BCUT2D eigenvalue weighted by molar-refractivity contribution is 8.00. The Morgan fingerprint density at radius 1 is 1.03 bits per heavy atom. The van der Waals surface area contributed by atoms with Crippen LogP contribution in [0.1, 0.15) is 15.4 Å². The Balaban J connectivity index is 1.61. The van der Waals surface area contributed by atoms with E-state index in [4.69, 9.17) is 9.47 Å². The molecule has 0 fully saturated rings. The van der Waals surface area contributed by atoms with Crippen molar-refractivity contribution in [3.63, 3.8) is 0 Å². The fourth-order valence-corrected chi connectivity index (χ4v) is 4.78. The maximum atomic E-state index is 12.6. The predicted molar refractivity (Wildman–Crippen MR) is 120 cm³/mol. The normalized spacial score (nSPS) is 10.9. The van der Waals surface area contributed by atoms with Gasteiger partial charge in [0.2, 0.25) is 0 Å². The number of fused-ring (bicyclic) bond motifs is 1. The van der Waals surface area contributed by atoms with E-state index < -0.39 is 0 Å². The zero-order valence-electron chi connectivity index (χ0n) is 16.7. The molecule has 2 aromatic heterocycles. The van der Waals surface area contributed by atoms with Crippen LogP contribution in [0.4, 0.5) is 0 Å². The van der Waals surface area contributed by atoms with Gasteiger partial charge in [0.05, 0.1) is 29.7 Å². The topological polar surface area (TPSA) is 74.2 Å². The van der Waals surface area contributed by atoms with Crippen LogP contribution in [0.3, 0.4) is 0 Å². The van der Waals surface area contributed by atoms with Gasteiger partial charge in [-0.15, -0.1) is 21.5 Å². The molecule has 6 nitrogen and oxygen atoms in total. The van der Waals surface area contributed by atoms with Gasteiger partial charge in [-0.1, -0.05) is 23.9 Å². The summed E-state index contributed by atoms with van der Waals surface area (Å²) in [6.45, 7) is 1.96. The van der Waals surface area contributed by atoms with Gasteiger partial charge in [-0.3, -0.25) is 4.79 Å². The third-order valence-corrected chi connectivity index (χ3v) is 6.42. The van der Waals surface area contributed by atoms with Crippen molar-refractivity contribution in [2.45, 2.75) is 11.9 Å². The van der Waals surface area contributed by atoms with Crippen molar-refractivity contribution in [1.29, 1.82) is 0 Å². The Bertz CT molecular complexity index is 1210. The van der Waals surface area contributed by atoms with Gasteiger partial charge < -0.3 is 9.47 Å². The Labute approximate surface area is 182 Å². The lowest BCUT2D eigenvalue weighted by Crippen LogP contribution is -2.03. The number of nitrogens with zero attached hydrogens (tertiary/aromatic N) is 3. The van der Waals surface area contributed by atoms with Gasteiger partial charge in [-0.2, -0.15) is 0 Å². The first-order valence-electron chi connectivity index (χ1n) is 9.17. The van der Waals surface area contributed by atoms with Crippen molar-refractivity contribution < 1.29 is 14.3 Å². The number of aromatic nitrogens is 3. The van der Waals surface area contributed by atoms with Crippen LogP contribution in [0.15, 0.2) is 53.6 Å². The van der Waals surface area contributed by atoms with E-state index in [0.29, 0.717) is 16.3 Å². The van der Waals surface area contributed by atoms with E-state index in [1.165, 1.54) is 11.8 Å². The third kappa shape index (κ3) is 4.15. The number of ether oxygens (including phenoxy) is 2. The Morgan fingerprint density at radius 2 is 1.80 bits per heavy atom. The summed E-state index contributed by atoms with van der Waals surface area (Å²) in [6, 6.07) is 14.8. The number of carbonyl (C=O) groups is 1. The van der Waals surface area contributed by atoms with Gasteiger partial charge in [0.25, 0.3) is 0 Å². The third-order valence-electron chi connectivity index (χ3n) is 4.49. The molecule has 0 spiro atoms. The van der Waals surface area contributed by atoms with Crippen molar-refractivity contribution in [2.24, 2.45) is 0 Å². The highest BCUT2D eigenvalue weighted by atomic mass is 32.2. The molecule has 0 saturated heterocycles. The fourth-order valence-electron chi connectivity index (χ4n) is 2.97. The Kier molecular flexibility index (Phi) is 5.96. The van der Waals surface area contributed by atoms with Crippen molar-refractivity contribution in [1.82, 2.24) is 15.2 Å². The van der Waals surface area contributed by atoms with E-state index >= 15 is 0 Å². The quantitative estimate of drug-likeness (QED) is 0.296. The molecule has 152 valence electrons. The molecular weight excluding hydrogens is 418 g/mol. The second-order valence-electron chi connectivity index (χ2n) is 6.44. The first-order chi connectivity index (χ1) is 14.6. The summed E-state index contributed by atoms with van der Waals surface area (Å²) in [7, 11) is 3.22. The molecular formula is C22H19N3O3S2. The molecule has 0 atom stereocenters. The molecule has 30 heavy (non-hydrogen) atoms. The van der Waals surface area contributed by atoms with Gasteiger partial charge in [0.15, 0.2) is 5.78 Å². The molecule has 4 rings (SSSR count). The van der Waals surface area contributed by atoms with E-state index in [-0.39, 0.29) is 11.5 Å². The number of Topliss-reactive ketones (excluding diaryl/α,β-unsaturated/α-hetero) is 1. The van der Waals surface area contributed by atoms with Crippen LogP contribution in [-0.4, -0.2) is 40.9 Å². The molecule has 0 amide bonds. The van der Waals surface area contributed by atoms with Gasteiger partial charge >= 0.3 is 0 Å². The van der Waals surface area contributed by atoms with E-state index in [9.17, 15) is 4.79 Å². The zero-order valence-corrected chi connectivity index (χ0v) is 18.3. The number of thiazole rings is 1. The van der Waals surface area contributed by atoms with E-state index in [0.717, 1.165) is 32.2 Å². The van der Waals surface area contributed by atoms with E-state index in [1.54, 1.807) is 37.7 Å². The number of rotatable bonds is 7. The molecule has 4 aromatic rings. The van der Waals surface area contributed by atoms with Crippen molar-refractivity contribution in [2.75, 3.05) is 20.0 Å². The van der Waals surface area contributed by atoms with Crippen LogP contribution in [0, 0.1) is 6.92 Å². The van der Waals surface area contributed by atoms with E-state index in [2.05, 4.69) is 15.2 Å². The van der Waals surface area contributed by atoms with E-state index in [1.807, 2.05) is 43.3 Å². The average Bonchev–Trinajstić information content (AvgIpc) is 3.19. The second-order valence-corrected chi connectivity index (χ2v) is 8.60. The van der Waals surface area contributed by atoms with Crippen LogP contribution >= 0.6 is 23.1 Å². The van der Waals surface area contributed by atoms with Crippen LogP contribution < -0.4 is 9.47 Å². The smallest absolute Gasteiger partial charge is 0.173 e. The molecule has 2 heterocycles. The number of thioether (sulfide) groups is 1. The van der Waals surface area contributed by atoms with Gasteiger partial charge in [0.1, 0.15) is 27.7 Å². The summed E-state index contributed by atoms with van der Waals surface area (Å²) in [6.07, 6.45) is 0. The zero-order chi connectivity index (χ0) is 21.1. The highest BCUT2D eigenvalue weighted by Crippen LogP contribution is 2.36. The molecule has 0 unspecified atom stereocenters. The van der Waals surface area contributed by atoms with Crippen LogP contribution in [0.5, 0.6) is 11.5 Å². The molecule has 0 aliphatic carbocycles. The van der Waals surface area contributed by atoms with Crippen LogP contribution in [0.2, 0.25) is 0 Å². The summed E-state index contributed by atoms with van der Waals surface area (Å²) in [5.41, 5.74) is 3.11. The van der Waals surface area contributed by atoms with Crippen molar-refractivity contribution >= 4 is 39.1 Å². The molecule has 0 bridgehead atoms. The van der Waals surface area contributed by atoms with Crippen molar-refractivity contribution in [3.8, 4) is 22.8 Å². The summed E-state index contributed by atoms with van der Waals surface area (Å²) in [5, 5.41) is 10.4. The lowest BCUT2D eigenvalue weighted by Gasteiger charge is -2.06. The average molecular weight is 438 g/mol.